The molecule has 230 valence electrons. The monoisotopic (exact) mass is 614 g/mol. The van der Waals surface area contributed by atoms with Crippen molar-refractivity contribution >= 4 is 44.1 Å². The van der Waals surface area contributed by atoms with Gasteiger partial charge in [-0.05, 0) is 92.3 Å². The van der Waals surface area contributed by atoms with Crippen LogP contribution in [0, 0.1) is 12.8 Å². The SMILES string of the molecule is CCCOc1ccc(/C(O)=C2\C(=O)C(=O)N(c3nc4ccc(C)cc4s3)C2c2ccc(OCCC(C)C)c(OCC)c2)cc1. The summed E-state index contributed by atoms with van der Waals surface area (Å²) >= 11 is 1.33. The number of anilines is 1. The molecule has 44 heavy (non-hydrogen) atoms. The highest BCUT2D eigenvalue weighted by molar-refractivity contribution is 7.22. The number of hydrogen-bond donors (Lipinski definition) is 1. The number of hydrogen-bond acceptors (Lipinski definition) is 8. The van der Waals surface area contributed by atoms with Gasteiger partial charge in [-0.15, -0.1) is 0 Å². The molecule has 0 saturated carbocycles. The van der Waals surface area contributed by atoms with E-state index >= 15 is 0 Å². The third-order valence-electron chi connectivity index (χ3n) is 7.32. The quantitative estimate of drug-likeness (QED) is 0.0986. The third-order valence-corrected chi connectivity index (χ3v) is 8.34. The molecule has 3 aromatic carbocycles. The number of benzene rings is 3. The summed E-state index contributed by atoms with van der Waals surface area (Å²) in [6, 6.07) is 17.1. The lowest BCUT2D eigenvalue weighted by Crippen LogP contribution is -2.29. The summed E-state index contributed by atoms with van der Waals surface area (Å²) in [6.45, 7) is 11.6. The Labute approximate surface area is 261 Å². The van der Waals surface area contributed by atoms with Crippen LogP contribution in [0.4, 0.5) is 5.13 Å². The maximum Gasteiger partial charge on any atom is 0.301 e. The summed E-state index contributed by atoms with van der Waals surface area (Å²) < 4.78 is 18.6. The van der Waals surface area contributed by atoms with Gasteiger partial charge in [0.05, 0.1) is 41.7 Å². The number of Topliss-reactive ketones (excluding diaryl/α,β-unsaturated/α-hetero) is 1. The van der Waals surface area contributed by atoms with E-state index in [4.69, 9.17) is 19.2 Å². The molecule has 1 saturated heterocycles. The second-order valence-corrected chi connectivity index (χ2v) is 12.2. The van der Waals surface area contributed by atoms with E-state index in [9.17, 15) is 14.7 Å². The van der Waals surface area contributed by atoms with Crippen molar-refractivity contribution in [3.05, 3.63) is 82.9 Å². The molecule has 8 nitrogen and oxygen atoms in total. The van der Waals surface area contributed by atoms with E-state index in [1.165, 1.54) is 16.2 Å². The fourth-order valence-electron chi connectivity index (χ4n) is 5.04. The van der Waals surface area contributed by atoms with Gasteiger partial charge >= 0.3 is 5.91 Å². The van der Waals surface area contributed by atoms with Gasteiger partial charge < -0.3 is 19.3 Å². The molecule has 0 aliphatic carbocycles. The average Bonchev–Trinajstić information content (AvgIpc) is 3.53. The number of fused-ring (bicyclic) bond motifs is 1. The summed E-state index contributed by atoms with van der Waals surface area (Å²) in [6.07, 6.45) is 1.74. The molecule has 1 fully saturated rings. The van der Waals surface area contributed by atoms with Gasteiger partial charge in [0.15, 0.2) is 16.6 Å². The molecule has 0 spiro atoms. The number of carbonyl (C=O) groups is 2. The van der Waals surface area contributed by atoms with Gasteiger partial charge in [-0.25, -0.2) is 4.98 Å². The molecule has 0 radical (unpaired) electrons. The second kappa shape index (κ2) is 13.5. The number of ether oxygens (including phenoxy) is 3. The Morgan fingerprint density at radius 3 is 2.43 bits per heavy atom. The van der Waals surface area contributed by atoms with Gasteiger partial charge in [0, 0.05) is 5.56 Å². The molecule has 1 aliphatic rings. The van der Waals surface area contributed by atoms with Crippen LogP contribution in [0.1, 0.15) is 63.3 Å². The number of nitrogens with zero attached hydrogens (tertiary/aromatic N) is 2. The Morgan fingerprint density at radius 1 is 0.955 bits per heavy atom. The second-order valence-electron chi connectivity index (χ2n) is 11.2. The van der Waals surface area contributed by atoms with E-state index in [1.807, 2.05) is 45.0 Å². The zero-order valence-electron chi connectivity index (χ0n) is 25.8. The van der Waals surface area contributed by atoms with E-state index in [-0.39, 0.29) is 11.3 Å². The minimum absolute atomic E-state index is 0.0245. The minimum Gasteiger partial charge on any atom is -0.507 e. The lowest BCUT2D eigenvalue weighted by atomic mass is 9.95. The van der Waals surface area contributed by atoms with Gasteiger partial charge in [-0.2, -0.15) is 0 Å². The van der Waals surface area contributed by atoms with Gasteiger partial charge in [0.2, 0.25) is 0 Å². The molecule has 4 aromatic rings. The average molecular weight is 615 g/mol. The maximum atomic E-state index is 13.8. The van der Waals surface area contributed by atoms with Gasteiger partial charge in [-0.1, -0.05) is 44.2 Å². The predicted molar refractivity (Wildman–Crippen MR) is 174 cm³/mol. The largest absolute Gasteiger partial charge is 0.507 e. The lowest BCUT2D eigenvalue weighted by Gasteiger charge is -2.24. The van der Waals surface area contributed by atoms with Crippen molar-refractivity contribution in [1.29, 1.82) is 0 Å². The van der Waals surface area contributed by atoms with E-state index in [2.05, 4.69) is 13.8 Å². The Morgan fingerprint density at radius 2 is 1.73 bits per heavy atom. The molecule has 0 bridgehead atoms. The molecule has 9 heteroatoms. The molecule has 1 amide bonds. The Balaban J connectivity index is 1.64. The van der Waals surface area contributed by atoms with Gasteiger partial charge in [0.1, 0.15) is 11.5 Å². The third kappa shape index (κ3) is 6.43. The van der Waals surface area contributed by atoms with Crippen LogP contribution in [0.5, 0.6) is 17.2 Å². The van der Waals surface area contributed by atoms with Crippen LogP contribution in [0.2, 0.25) is 0 Å². The molecule has 1 unspecified atom stereocenters. The highest BCUT2D eigenvalue weighted by Crippen LogP contribution is 2.46. The zero-order valence-corrected chi connectivity index (χ0v) is 26.6. The number of aliphatic hydroxyl groups excluding tert-OH is 1. The number of ketones is 1. The number of aliphatic hydroxyl groups is 1. The number of aryl methyl sites for hydroxylation is 1. The smallest absolute Gasteiger partial charge is 0.301 e. The first kappa shape index (κ1) is 31.1. The summed E-state index contributed by atoms with van der Waals surface area (Å²) in [5.74, 6) is 0.386. The first-order valence-corrected chi connectivity index (χ1v) is 15.8. The van der Waals surface area contributed by atoms with Crippen LogP contribution in [-0.4, -0.2) is 41.6 Å². The maximum absolute atomic E-state index is 13.8. The van der Waals surface area contributed by atoms with E-state index in [1.54, 1.807) is 36.4 Å². The molecule has 1 atom stereocenters. The normalized spacial score (nSPS) is 16.2. The predicted octanol–water partition coefficient (Wildman–Crippen LogP) is 7.84. The number of aromatic nitrogens is 1. The van der Waals surface area contributed by atoms with Crippen molar-refractivity contribution in [2.75, 3.05) is 24.7 Å². The zero-order chi connectivity index (χ0) is 31.4. The number of thiazole rings is 1. The summed E-state index contributed by atoms with van der Waals surface area (Å²) in [5.41, 5.74) is 2.75. The van der Waals surface area contributed by atoms with Crippen LogP contribution in [0.15, 0.2) is 66.2 Å². The highest BCUT2D eigenvalue weighted by Gasteiger charge is 2.48. The van der Waals surface area contributed by atoms with E-state index in [0.29, 0.717) is 59.2 Å². The topological polar surface area (TPSA) is 98.2 Å². The Bertz CT molecular complexity index is 1690. The van der Waals surface area contributed by atoms with E-state index in [0.717, 1.165) is 28.6 Å². The van der Waals surface area contributed by atoms with Crippen molar-refractivity contribution in [2.45, 2.75) is 53.5 Å². The molecule has 1 N–H and O–H groups in total. The van der Waals surface area contributed by atoms with Crippen molar-refractivity contribution in [3.63, 3.8) is 0 Å². The lowest BCUT2D eigenvalue weighted by molar-refractivity contribution is -0.132. The molecule has 2 heterocycles. The Kier molecular flexibility index (Phi) is 9.54. The van der Waals surface area contributed by atoms with Crippen molar-refractivity contribution in [2.24, 2.45) is 5.92 Å². The highest BCUT2D eigenvalue weighted by atomic mass is 32.1. The molecular weight excluding hydrogens is 576 g/mol. The summed E-state index contributed by atoms with van der Waals surface area (Å²) in [4.78, 5) is 33.6. The first-order valence-electron chi connectivity index (χ1n) is 15.0. The molecule has 1 aliphatic heterocycles. The molecule has 5 rings (SSSR count). The van der Waals surface area contributed by atoms with Gasteiger partial charge in [-0.3, -0.25) is 14.5 Å². The summed E-state index contributed by atoms with van der Waals surface area (Å²) in [5, 5.41) is 12.0. The van der Waals surface area contributed by atoms with Crippen LogP contribution < -0.4 is 19.1 Å². The summed E-state index contributed by atoms with van der Waals surface area (Å²) in [7, 11) is 0. The number of amides is 1. The van der Waals surface area contributed by atoms with E-state index < -0.39 is 17.7 Å². The Hall–Kier alpha value is -4.37. The molecule has 1 aromatic heterocycles. The number of carbonyl (C=O) groups excluding carboxylic acids is 2. The van der Waals surface area contributed by atoms with Crippen molar-refractivity contribution in [3.8, 4) is 17.2 Å². The van der Waals surface area contributed by atoms with Crippen LogP contribution >= 0.6 is 11.3 Å². The standard InChI is InChI=1S/C35H38N2O6S/c1-6-17-42-25-12-9-23(10-13-25)32(38)30-31(24-11-15-27(28(20-24)41-7-2)43-18-16-21(3)4)37(34(40)33(30)39)35-36-26-14-8-22(5)19-29(26)44-35/h8-15,19-21,31,38H,6-7,16-18H2,1-5H3/b32-30+. The first-order chi connectivity index (χ1) is 21.2. The van der Waals surface area contributed by atoms with Crippen LogP contribution in [0.25, 0.3) is 16.0 Å². The van der Waals surface area contributed by atoms with Crippen molar-refractivity contribution < 1.29 is 28.9 Å². The number of rotatable bonds is 12. The minimum atomic E-state index is -0.948. The van der Waals surface area contributed by atoms with Crippen LogP contribution in [0.3, 0.4) is 0 Å². The molecular formula is C35H38N2O6S. The van der Waals surface area contributed by atoms with Gasteiger partial charge in [0.25, 0.3) is 5.78 Å². The van der Waals surface area contributed by atoms with Crippen molar-refractivity contribution in [1.82, 2.24) is 4.98 Å². The van der Waals surface area contributed by atoms with Crippen LogP contribution in [-0.2, 0) is 9.59 Å². The fourth-order valence-corrected chi connectivity index (χ4v) is 6.13. The fraction of sp³-hybridized carbons (Fsp3) is 0.343.